The Hall–Kier alpha value is -2.14. The van der Waals surface area contributed by atoms with Gasteiger partial charge in [0.2, 0.25) is 5.91 Å². The number of nitrogens with one attached hydrogen (secondary N) is 1. The van der Waals surface area contributed by atoms with Gasteiger partial charge in [-0.25, -0.2) is 8.42 Å². The van der Waals surface area contributed by atoms with Crippen LogP contribution in [0.5, 0.6) is 0 Å². The van der Waals surface area contributed by atoms with E-state index in [9.17, 15) is 13.2 Å². The third-order valence-corrected chi connectivity index (χ3v) is 6.75. The molecule has 0 aromatic heterocycles. The van der Waals surface area contributed by atoms with E-state index in [1.807, 2.05) is 13.0 Å². The number of rotatable bonds is 6. The average Bonchev–Trinajstić information content (AvgIpc) is 2.65. The number of carbonyl (C=O) groups is 1. The van der Waals surface area contributed by atoms with Gasteiger partial charge in [-0.05, 0) is 49.4 Å². The number of benzene rings is 2. The molecule has 0 radical (unpaired) electrons. The molecule has 1 N–H and O–H groups in total. The molecule has 0 saturated heterocycles. The van der Waals surface area contributed by atoms with Crippen molar-refractivity contribution in [1.82, 2.24) is 5.32 Å². The van der Waals surface area contributed by atoms with E-state index in [2.05, 4.69) is 23.5 Å². The van der Waals surface area contributed by atoms with E-state index in [4.69, 9.17) is 0 Å². The van der Waals surface area contributed by atoms with Gasteiger partial charge < -0.3 is 5.32 Å². The van der Waals surface area contributed by atoms with E-state index in [1.54, 1.807) is 24.3 Å². The summed E-state index contributed by atoms with van der Waals surface area (Å²) in [5.74, 6) is -0.0512. The van der Waals surface area contributed by atoms with Crippen LogP contribution < -0.4 is 5.32 Å². The maximum atomic E-state index is 12.3. The van der Waals surface area contributed by atoms with E-state index in [0.717, 1.165) is 24.8 Å². The number of hydrogen-bond donors (Lipinski definition) is 1. The predicted octanol–water partition coefficient (Wildman–Crippen LogP) is 3.40. The van der Waals surface area contributed by atoms with Gasteiger partial charge in [0.1, 0.15) is 0 Å². The van der Waals surface area contributed by atoms with Gasteiger partial charge in [-0.3, -0.25) is 4.79 Å². The predicted molar refractivity (Wildman–Crippen MR) is 103 cm³/mol. The molecule has 0 saturated carbocycles. The number of sulfone groups is 1. The zero-order valence-corrected chi connectivity index (χ0v) is 15.9. The minimum Gasteiger partial charge on any atom is -0.355 e. The summed E-state index contributed by atoms with van der Waals surface area (Å²) in [6.45, 7) is 2.48. The first-order valence-electron chi connectivity index (χ1n) is 9.09. The van der Waals surface area contributed by atoms with Crippen LogP contribution in [0.1, 0.15) is 41.9 Å². The maximum Gasteiger partial charge on any atom is 0.221 e. The SMILES string of the molecule is Cc1ccc(S(=O)(=O)CCC(=O)NCC2CCCc3ccccc32)cc1. The van der Waals surface area contributed by atoms with Crippen molar-refractivity contribution >= 4 is 15.7 Å². The summed E-state index contributed by atoms with van der Waals surface area (Å²) >= 11 is 0. The second kappa shape index (κ2) is 8.04. The number of fused-ring (bicyclic) bond motifs is 1. The monoisotopic (exact) mass is 371 g/mol. The van der Waals surface area contributed by atoms with Crippen molar-refractivity contribution in [2.75, 3.05) is 12.3 Å². The van der Waals surface area contributed by atoms with Crippen LogP contribution in [0.3, 0.4) is 0 Å². The van der Waals surface area contributed by atoms with Crippen molar-refractivity contribution < 1.29 is 13.2 Å². The summed E-state index contributed by atoms with van der Waals surface area (Å²) in [4.78, 5) is 12.4. The summed E-state index contributed by atoms with van der Waals surface area (Å²) in [5, 5.41) is 2.92. The molecule has 1 amide bonds. The second-order valence-electron chi connectivity index (χ2n) is 6.97. The fourth-order valence-corrected chi connectivity index (χ4v) is 4.72. The molecule has 1 atom stereocenters. The van der Waals surface area contributed by atoms with Crippen molar-refractivity contribution in [3.63, 3.8) is 0 Å². The third kappa shape index (κ3) is 4.52. The van der Waals surface area contributed by atoms with Gasteiger partial charge in [-0.15, -0.1) is 0 Å². The molecule has 2 aromatic carbocycles. The van der Waals surface area contributed by atoms with Crippen LogP contribution in [-0.2, 0) is 21.1 Å². The molecule has 1 unspecified atom stereocenters. The quantitative estimate of drug-likeness (QED) is 0.846. The van der Waals surface area contributed by atoms with E-state index in [0.29, 0.717) is 12.5 Å². The number of aryl methyl sites for hydroxylation is 2. The second-order valence-corrected chi connectivity index (χ2v) is 9.08. The van der Waals surface area contributed by atoms with Gasteiger partial charge in [0, 0.05) is 18.9 Å². The van der Waals surface area contributed by atoms with Gasteiger partial charge in [-0.1, -0.05) is 42.0 Å². The molecule has 4 nitrogen and oxygen atoms in total. The van der Waals surface area contributed by atoms with E-state index in [1.165, 1.54) is 11.1 Å². The summed E-state index contributed by atoms with van der Waals surface area (Å²) in [5.41, 5.74) is 3.68. The van der Waals surface area contributed by atoms with Crippen LogP contribution in [0.4, 0.5) is 0 Å². The topological polar surface area (TPSA) is 63.2 Å². The molecule has 0 bridgehead atoms. The smallest absolute Gasteiger partial charge is 0.221 e. The van der Waals surface area contributed by atoms with Gasteiger partial charge in [0.05, 0.1) is 10.6 Å². The molecule has 0 aliphatic heterocycles. The van der Waals surface area contributed by atoms with Gasteiger partial charge in [-0.2, -0.15) is 0 Å². The summed E-state index contributed by atoms with van der Waals surface area (Å²) < 4.78 is 24.7. The fourth-order valence-electron chi connectivity index (χ4n) is 3.48. The Morgan fingerprint density at radius 2 is 1.85 bits per heavy atom. The lowest BCUT2D eigenvalue weighted by Crippen LogP contribution is -2.31. The van der Waals surface area contributed by atoms with E-state index < -0.39 is 9.84 Å². The van der Waals surface area contributed by atoms with Crippen LogP contribution in [0, 0.1) is 6.92 Å². The zero-order valence-electron chi connectivity index (χ0n) is 15.1. The Morgan fingerprint density at radius 1 is 1.12 bits per heavy atom. The first kappa shape index (κ1) is 18.6. The molecule has 2 aromatic rings. The highest BCUT2D eigenvalue weighted by molar-refractivity contribution is 7.91. The summed E-state index contributed by atoms with van der Waals surface area (Å²) in [6, 6.07) is 15.1. The number of carbonyl (C=O) groups excluding carboxylic acids is 1. The van der Waals surface area contributed by atoms with E-state index >= 15 is 0 Å². The van der Waals surface area contributed by atoms with Gasteiger partial charge >= 0.3 is 0 Å². The molecule has 0 fully saturated rings. The summed E-state index contributed by atoms with van der Waals surface area (Å²) in [7, 11) is -3.42. The molecular formula is C21H25NO3S. The summed E-state index contributed by atoms with van der Waals surface area (Å²) in [6.07, 6.45) is 3.26. The lowest BCUT2D eigenvalue weighted by atomic mass is 9.83. The fraction of sp³-hybridized carbons (Fsp3) is 0.381. The van der Waals surface area contributed by atoms with Gasteiger partial charge in [0.15, 0.2) is 9.84 Å². The Morgan fingerprint density at radius 3 is 2.62 bits per heavy atom. The number of hydrogen-bond acceptors (Lipinski definition) is 3. The lowest BCUT2D eigenvalue weighted by molar-refractivity contribution is -0.120. The Labute approximate surface area is 155 Å². The molecule has 1 aliphatic carbocycles. The van der Waals surface area contributed by atoms with Crippen molar-refractivity contribution in [2.45, 2.75) is 43.4 Å². The molecule has 138 valence electrons. The molecule has 1 aliphatic rings. The number of amides is 1. The molecule has 3 rings (SSSR count). The van der Waals surface area contributed by atoms with Crippen molar-refractivity contribution in [1.29, 1.82) is 0 Å². The Kier molecular flexibility index (Phi) is 5.77. The first-order valence-corrected chi connectivity index (χ1v) is 10.7. The van der Waals surface area contributed by atoms with Crippen molar-refractivity contribution in [3.05, 3.63) is 65.2 Å². The third-order valence-electron chi connectivity index (χ3n) is 5.02. The van der Waals surface area contributed by atoms with Crippen LogP contribution in [0.15, 0.2) is 53.4 Å². The molecular weight excluding hydrogens is 346 g/mol. The largest absolute Gasteiger partial charge is 0.355 e. The normalized spacial score (nSPS) is 16.7. The highest BCUT2D eigenvalue weighted by atomic mass is 32.2. The van der Waals surface area contributed by atoms with Crippen LogP contribution >= 0.6 is 0 Å². The van der Waals surface area contributed by atoms with Gasteiger partial charge in [0.25, 0.3) is 0 Å². The molecule has 5 heteroatoms. The van der Waals surface area contributed by atoms with Crippen molar-refractivity contribution in [2.24, 2.45) is 0 Å². The average molecular weight is 372 g/mol. The highest BCUT2D eigenvalue weighted by Crippen LogP contribution is 2.30. The standard InChI is InChI=1S/C21H25NO3S/c1-16-9-11-19(12-10-16)26(24,25)14-13-21(23)22-15-18-7-4-6-17-5-2-3-8-20(17)18/h2-3,5,8-12,18H,4,6-7,13-15H2,1H3,(H,22,23). The molecule has 0 heterocycles. The van der Waals surface area contributed by atoms with E-state index in [-0.39, 0.29) is 23.0 Å². The Bertz CT molecular complexity index is 872. The first-order chi connectivity index (χ1) is 12.5. The van der Waals surface area contributed by atoms with Crippen LogP contribution in [-0.4, -0.2) is 26.6 Å². The van der Waals surface area contributed by atoms with Crippen LogP contribution in [0.2, 0.25) is 0 Å². The molecule has 26 heavy (non-hydrogen) atoms. The minimum absolute atomic E-state index is 0.00935. The Balaban J connectivity index is 1.53. The zero-order chi connectivity index (χ0) is 18.6. The van der Waals surface area contributed by atoms with Crippen molar-refractivity contribution in [3.8, 4) is 0 Å². The maximum absolute atomic E-state index is 12.3. The molecule has 0 spiro atoms. The lowest BCUT2D eigenvalue weighted by Gasteiger charge is -2.25. The highest BCUT2D eigenvalue weighted by Gasteiger charge is 2.21. The van der Waals surface area contributed by atoms with Crippen LogP contribution in [0.25, 0.3) is 0 Å². The minimum atomic E-state index is -3.42.